The number of benzene rings is 1. The molecule has 1 aliphatic carbocycles. The van der Waals surface area contributed by atoms with E-state index in [9.17, 15) is 17.6 Å². The summed E-state index contributed by atoms with van der Waals surface area (Å²) in [5.41, 5.74) is 0.958. The van der Waals surface area contributed by atoms with Crippen molar-refractivity contribution in [3.63, 3.8) is 0 Å². The number of hydrogen-bond acceptors (Lipinski definition) is 4. The van der Waals surface area contributed by atoms with Crippen molar-refractivity contribution < 1.29 is 27.0 Å². The average Bonchev–Trinajstić information content (AvgIpc) is 3.20. The lowest BCUT2D eigenvalue weighted by Crippen LogP contribution is -2.33. The van der Waals surface area contributed by atoms with Crippen LogP contribution in [0.3, 0.4) is 0 Å². The topological polar surface area (TPSA) is 24.9 Å². The van der Waals surface area contributed by atoms with Gasteiger partial charge in [0.05, 0.1) is 6.61 Å². The molecule has 1 unspecified atom stereocenters. The molecule has 3 aliphatic rings. The van der Waals surface area contributed by atoms with Crippen LogP contribution in [-0.4, -0.2) is 68.3 Å². The molecule has 4 rings (SSSR count). The van der Waals surface area contributed by atoms with E-state index in [4.69, 9.17) is 4.74 Å². The number of alkyl halides is 4. The second kappa shape index (κ2) is 10.0. The van der Waals surface area contributed by atoms with Gasteiger partial charge in [0.25, 0.3) is 0 Å². The van der Waals surface area contributed by atoms with Crippen LogP contribution in [-0.2, 0) is 11.3 Å². The smallest absolute Gasteiger partial charge is 0.428 e. The molecule has 2 saturated heterocycles. The molecule has 0 aromatic heterocycles. The van der Waals surface area contributed by atoms with Gasteiger partial charge in [-0.3, -0.25) is 4.90 Å². The second-order valence-electron chi connectivity index (χ2n) is 9.12. The maximum absolute atomic E-state index is 13.0. The van der Waals surface area contributed by atoms with Gasteiger partial charge in [-0.15, -0.1) is 0 Å². The quantitative estimate of drug-likeness (QED) is 0.371. The van der Waals surface area contributed by atoms with Crippen molar-refractivity contribution in [1.29, 1.82) is 0 Å². The number of nitrogens with zero attached hydrogens (tertiary/aromatic N) is 2. The number of rotatable bonds is 11. The van der Waals surface area contributed by atoms with Crippen LogP contribution in [0.25, 0.3) is 0 Å². The molecule has 2 heterocycles. The highest BCUT2D eigenvalue weighted by Gasteiger charge is 2.55. The van der Waals surface area contributed by atoms with Crippen LogP contribution in [0.4, 0.5) is 17.6 Å². The first kappa shape index (κ1) is 22.8. The summed E-state index contributed by atoms with van der Waals surface area (Å²) in [6.45, 7) is 8.09. The van der Waals surface area contributed by atoms with Crippen LogP contribution in [0.1, 0.15) is 31.2 Å². The van der Waals surface area contributed by atoms with Crippen molar-refractivity contribution in [2.24, 2.45) is 17.8 Å². The van der Waals surface area contributed by atoms with Crippen molar-refractivity contribution in [2.45, 2.75) is 44.8 Å². The van der Waals surface area contributed by atoms with Gasteiger partial charge in [0.1, 0.15) is 5.75 Å². The summed E-state index contributed by atoms with van der Waals surface area (Å²) >= 11 is 0. The largest absolute Gasteiger partial charge is 0.461 e. The summed E-state index contributed by atoms with van der Waals surface area (Å²) in [5, 5.41) is 0. The fraction of sp³-hybridized carbons (Fsp3) is 0.739. The zero-order valence-electron chi connectivity index (χ0n) is 17.8. The van der Waals surface area contributed by atoms with E-state index >= 15 is 0 Å². The Bertz CT molecular complexity index is 685. The van der Waals surface area contributed by atoms with Gasteiger partial charge in [0.15, 0.2) is 0 Å². The van der Waals surface area contributed by atoms with Crippen LogP contribution in [0.5, 0.6) is 5.75 Å². The van der Waals surface area contributed by atoms with Crippen molar-refractivity contribution in [2.75, 3.05) is 45.9 Å². The standard InChI is InChI=1S/C23H32F4N2O2/c24-22(25)23(26,27)31-18-7-5-17(6-8-18)13-29-14-19-20(15-29)21(19)16-30-12-4-11-28-9-2-1-3-10-28/h5-8,19-22H,1-4,9-16H2/t19-,20+,21?. The summed E-state index contributed by atoms with van der Waals surface area (Å²) in [6, 6.07) is 5.96. The molecular formula is C23H32F4N2O2. The predicted octanol–water partition coefficient (Wildman–Crippen LogP) is 4.49. The van der Waals surface area contributed by atoms with E-state index in [0.29, 0.717) is 17.8 Å². The molecule has 174 valence electrons. The van der Waals surface area contributed by atoms with Gasteiger partial charge in [-0.05, 0) is 67.8 Å². The molecule has 0 spiro atoms. The van der Waals surface area contributed by atoms with Crippen molar-refractivity contribution in [1.82, 2.24) is 9.80 Å². The number of fused-ring (bicyclic) bond motifs is 1. The van der Waals surface area contributed by atoms with E-state index in [-0.39, 0.29) is 5.75 Å². The zero-order chi connectivity index (χ0) is 21.8. The van der Waals surface area contributed by atoms with E-state index in [1.165, 1.54) is 44.5 Å². The van der Waals surface area contributed by atoms with E-state index < -0.39 is 12.5 Å². The maximum atomic E-state index is 13.0. The lowest BCUT2D eigenvalue weighted by atomic mass is 10.1. The Kier molecular flexibility index (Phi) is 7.39. The van der Waals surface area contributed by atoms with Crippen molar-refractivity contribution >= 4 is 0 Å². The minimum Gasteiger partial charge on any atom is -0.428 e. The molecule has 31 heavy (non-hydrogen) atoms. The molecule has 8 heteroatoms. The molecule has 3 atom stereocenters. The molecule has 1 aromatic carbocycles. The Labute approximate surface area is 181 Å². The van der Waals surface area contributed by atoms with E-state index in [2.05, 4.69) is 14.5 Å². The fourth-order valence-electron chi connectivity index (χ4n) is 5.03. The Balaban J connectivity index is 1.10. The number of ether oxygens (including phenoxy) is 2. The number of likely N-dealkylation sites (tertiary alicyclic amines) is 2. The maximum Gasteiger partial charge on any atom is 0.461 e. The van der Waals surface area contributed by atoms with Gasteiger partial charge >= 0.3 is 12.5 Å². The van der Waals surface area contributed by atoms with Crippen LogP contribution < -0.4 is 4.74 Å². The molecule has 0 N–H and O–H groups in total. The summed E-state index contributed by atoms with van der Waals surface area (Å²) in [5.74, 6) is 1.79. The zero-order valence-corrected chi connectivity index (χ0v) is 17.8. The molecule has 0 radical (unpaired) electrons. The molecule has 3 fully saturated rings. The van der Waals surface area contributed by atoms with E-state index in [1.807, 2.05) is 0 Å². The van der Waals surface area contributed by atoms with Crippen LogP contribution in [0, 0.1) is 17.8 Å². The Morgan fingerprint density at radius 1 is 0.968 bits per heavy atom. The van der Waals surface area contributed by atoms with Crippen LogP contribution in [0.2, 0.25) is 0 Å². The normalized spacial score (nSPS) is 26.9. The Morgan fingerprint density at radius 3 is 2.29 bits per heavy atom. The minimum atomic E-state index is -4.47. The molecular weight excluding hydrogens is 412 g/mol. The Morgan fingerprint density at radius 2 is 1.65 bits per heavy atom. The summed E-state index contributed by atoms with van der Waals surface area (Å²) in [4.78, 5) is 4.89. The lowest BCUT2D eigenvalue weighted by Gasteiger charge is -2.26. The van der Waals surface area contributed by atoms with Gasteiger partial charge in [-0.2, -0.15) is 17.6 Å². The molecule has 0 amide bonds. The lowest BCUT2D eigenvalue weighted by molar-refractivity contribution is -0.253. The summed E-state index contributed by atoms with van der Waals surface area (Å²) in [6.07, 6.45) is -3.19. The first-order valence-corrected chi connectivity index (χ1v) is 11.4. The molecule has 2 aliphatic heterocycles. The summed E-state index contributed by atoms with van der Waals surface area (Å²) in [7, 11) is 0. The third-order valence-corrected chi connectivity index (χ3v) is 6.81. The highest BCUT2D eigenvalue weighted by atomic mass is 19.3. The van der Waals surface area contributed by atoms with Gasteiger partial charge < -0.3 is 14.4 Å². The van der Waals surface area contributed by atoms with E-state index in [0.717, 1.165) is 51.4 Å². The first-order chi connectivity index (χ1) is 14.9. The summed E-state index contributed by atoms with van der Waals surface area (Å²) < 4.78 is 60.4. The number of halogens is 4. The monoisotopic (exact) mass is 444 g/mol. The average molecular weight is 445 g/mol. The van der Waals surface area contributed by atoms with E-state index in [1.54, 1.807) is 12.1 Å². The minimum absolute atomic E-state index is 0.254. The fourth-order valence-corrected chi connectivity index (χ4v) is 5.03. The number of hydrogen-bond donors (Lipinski definition) is 0. The third kappa shape index (κ3) is 6.11. The molecule has 1 aromatic rings. The van der Waals surface area contributed by atoms with Crippen molar-refractivity contribution in [3.05, 3.63) is 29.8 Å². The highest BCUT2D eigenvalue weighted by Crippen LogP contribution is 2.52. The molecule has 4 nitrogen and oxygen atoms in total. The van der Waals surface area contributed by atoms with Gasteiger partial charge in [-0.25, -0.2) is 0 Å². The molecule has 1 saturated carbocycles. The van der Waals surface area contributed by atoms with Gasteiger partial charge in [0.2, 0.25) is 0 Å². The second-order valence-corrected chi connectivity index (χ2v) is 9.12. The van der Waals surface area contributed by atoms with Crippen molar-refractivity contribution in [3.8, 4) is 5.75 Å². The van der Waals surface area contributed by atoms with Crippen LogP contribution >= 0.6 is 0 Å². The molecule has 0 bridgehead atoms. The predicted molar refractivity (Wildman–Crippen MR) is 109 cm³/mol. The SMILES string of the molecule is FC(F)C(F)(F)Oc1ccc(CN2C[C@@H]3C(COCCCN4CCCCC4)[C@@H]3C2)cc1. The Hall–Kier alpha value is -1.38. The number of piperidine rings is 2. The third-order valence-electron chi connectivity index (χ3n) is 6.81. The van der Waals surface area contributed by atoms with Gasteiger partial charge in [0, 0.05) is 32.8 Å². The van der Waals surface area contributed by atoms with Gasteiger partial charge in [-0.1, -0.05) is 18.6 Å². The highest BCUT2D eigenvalue weighted by molar-refractivity contribution is 5.28. The first-order valence-electron chi connectivity index (χ1n) is 11.4. The van der Waals surface area contributed by atoms with Crippen LogP contribution in [0.15, 0.2) is 24.3 Å².